The fraction of sp³-hybridized carbons (Fsp3) is 0.300. The third-order valence-corrected chi connectivity index (χ3v) is 7.67. The monoisotopic (exact) mass is 481 g/mol. The van der Waals surface area contributed by atoms with Gasteiger partial charge in [0.15, 0.2) is 5.82 Å². The van der Waals surface area contributed by atoms with Crippen molar-refractivity contribution >= 4 is 33.4 Å². The molecule has 0 aliphatic heterocycles. The van der Waals surface area contributed by atoms with Crippen LogP contribution in [0.1, 0.15) is 13.8 Å². The second-order valence-corrected chi connectivity index (χ2v) is 9.88. The summed E-state index contributed by atoms with van der Waals surface area (Å²) in [6.45, 7) is 4.84. The molecule has 0 radical (unpaired) electrons. The highest BCUT2D eigenvalue weighted by Crippen LogP contribution is 2.25. The minimum atomic E-state index is -3.58. The van der Waals surface area contributed by atoms with E-state index in [9.17, 15) is 8.42 Å². The van der Waals surface area contributed by atoms with Crippen LogP contribution in [-0.4, -0.2) is 53.0 Å². The lowest BCUT2D eigenvalue weighted by atomic mass is 10.2. The van der Waals surface area contributed by atoms with E-state index in [0.717, 1.165) is 0 Å². The van der Waals surface area contributed by atoms with Gasteiger partial charge in [0, 0.05) is 29.4 Å². The van der Waals surface area contributed by atoms with E-state index < -0.39 is 10.0 Å². The van der Waals surface area contributed by atoms with Crippen LogP contribution in [0.5, 0.6) is 5.75 Å². The van der Waals surface area contributed by atoms with Gasteiger partial charge in [-0.15, -0.1) is 10.2 Å². The first-order chi connectivity index (χ1) is 14.9. The van der Waals surface area contributed by atoms with E-state index >= 15 is 0 Å². The Kier molecular flexibility index (Phi) is 7.82. The molecule has 3 aromatic rings. The molecule has 0 aliphatic carbocycles. The van der Waals surface area contributed by atoms with Crippen molar-refractivity contribution in [2.24, 2.45) is 0 Å². The fourth-order valence-corrected chi connectivity index (χ4v) is 5.29. The molecule has 1 aromatic heterocycles. The Bertz CT molecular complexity index is 1130. The number of nitrogens with zero attached hydrogens (tertiary/aromatic N) is 4. The van der Waals surface area contributed by atoms with Crippen molar-refractivity contribution in [1.29, 1.82) is 0 Å². The lowest BCUT2D eigenvalue weighted by Gasteiger charge is -2.18. The summed E-state index contributed by atoms with van der Waals surface area (Å²) in [6, 6.07) is 13.7. The van der Waals surface area contributed by atoms with Crippen LogP contribution in [0.3, 0.4) is 0 Å². The third-order valence-electron chi connectivity index (χ3n) is 4.48. The Labute approximate surface area is 191 Å². The molecule has 3 rings (SSSR count). The molecule has 0 saturated heterocycles. The molecule has 0 spiro atoms. The number of rotatable bonds is 10. The predicted octanol–water partition coefficient (Wildman–Crippen LogP) is 3.51. The van der Waals surface area contributed by atoms with Gasteiger partial charge in [-0.05, 0) is 30.3 Å². The Morgan fingerprint density at radius 2 is 1.87 bits per heavy atom. The SMILES string of the molecule is CCN(CC)S(=O)(=O)c1cccc(-c2nnc(SCCOc3cccc(Cl)c3)n2N)c1. The Balaban J connectivity index is 1.70. The molecule has 0 bridgehead atoms. The second-order valence-electron chi connectivity index (χ2n) is 6.45. The van der Waals surface area contributed by atoms with E-state index in [4.69, 9.17) is 22.2 Å². The van der Waals surface area contributed by atoms with Gasteiger partial charge in [-0.3, -0.25) is 0 Å². The molecule has 8 nitrogen and oxygen atoms in total. The molecule has 0 atom stereocenters. The van der Waals surface area contributed by atoms with Crippen LogP contribution < -0.4 is 10.6 Å². The van der Waals surface area contributed by atoms with E-state index in [1.165, 1.54) is 20.7 Å². The van der Waals surface area contributed by atoms with Crippen molar-refractivity contribution in [3.05, 3.63) is 53.6 Å². The molecule has 0 amide bonds. The summed E-state index contributed by atoms with van der Waals surface area (Å²) < 4.78 is 34.0. The quantitative estimate of drug-likeness (QED) is 0.268. The van der Waals surface area contributed by atoms with Gasteiger partial charge in [-0.2, -0.15) is 4.31 Å². The lowest BCUT2D eigenvalue weighted by molar-refractivity contribution is 0.344. The molecular formula is C20H24ClN5O3S2. The van der Waals surface area contributed by atoms with Crippen molar-refractivity contribution in [1.82, 2.24) is 19.2 Å². The van der Waals surface area contributed by atoms with Gasteiger partial charge in [0.1, 0.15) is 5.75 Å². The van der Waals surface area contributed by atoms with Crippen molar-refractivity contribution in [3.8, 4) is 17.1 Å². The number of nitrogens with two attached hydrogens (primary N) is 1. The summed E-state index contributed by atoms with van der Waals surface area (Å²) in [7, 11) is -3.58. The van der Waals surface area contributed by atoms with Crippen LogP contribution in [0.2, 0.25) is 5.02 Å². The van der Waals surface area contributed by atoms with Crippen LogP contribution in [0.15, 0.2) is 58.6 Å². The highest BCUT2D eigenvalue weighted by Gasteiger charge is 2.23. The highest BCUT2D eigenvalue weighted by molar-refractivity contribution is 7.99. The highest BCUT2D eigenvalue weighted by atomic mass is 35.5. The minimum absolute atomic E-state index is 0.195. The number of benzene rings is 2. The molecule has 0 aliphatic rings. The van der Waals surface area contributed by atoms with Gasteiger partial charge in [0.2, 0.25) is 15.2 Å². The minimum Gasteiger partial charge on any atom is -0.493 e. The number of halogens is 1. The van der Waals surface area contributed by atoms with Crippen molar-refractivity contribution in [3.63, 3.8) is 0 Å². The molecule has 1 heterocycles. The summed E-state index contributed by atoms with van der Waals surface area (Å²) in [5, 5.41) is 9.38. The van der Waals surface area contributed by atoms with Crippen molar-refractivity contribution in [2.75, 3.05) is 31.3 Å². The van der Waals surface area contributed by atoms with Gasteiger partial charge in [0.05, 0.1) is 11.5 Å². The van der Waals surface area contributed by atoms with E-state index in [1.54, 1.807) is 50.2 Å². The van der Waals surface area contributed by atoms with Crippen LogP contribution >= 0.6 is 23.4 Å². The van der Waals surface area contributed by atoms with Crippen molar-refractivity contribution < 1.29 is 13.2 Å². The zero-order chi connectivity index (χ0) is 22.4. The van der Waals surface area contributed by atoms with E-state index in [1.807, 2.05) is 12.1 Å². The third kappa shape index (κ3) is 5.51. The maximum absolute atomic E-state index is 12.8. The number of aromatic nitrogens is 3. The normalized spacial score (nSPS) is 11.7. The Morgan fingerprint density at radius 3 is 2.58 bits per heavy atom. The Morgan fingerprint density at radius 1 is 1.13 bits per heavy atom. The van der Waals surface area contributed by atoms with E-state index in [2.05, 4.69) is 10.2 Å². The summed E-state index contributed by atoms with van der Waals surface area (Å²) in [5.74, 6) is 7.84. The summed E-state index contributed by atoms with van der Waals surface area (Å²) in [4.78, 5) is 0.195. The molecule has 166 valence electrons. The maximum Gasteiger partial charge on any atom is 0.243 e. The topological polar surface area (TPSA) is 103 Å². The van der Waals surface area contributed by atoms with Crippen LogP contribution in [0.25, 0.3) is 11.4 Å². The second kappa shape index (κ2) is 10.4. The fourth-order valence-electron chi connectivity index (χ4n) is 2.93. The number of ether oxygens (including phenoxy) is 1. The molecule has 0 unspecified atom stereocenters. The van der Waals surface area contributed by atoms with Crippen LogP contribution in [0.4, 0.5) is 0 Å². The summed E-state index contributed by atoms with van der Waals surface area (Å²) in [6.07, 6.45) is 0. The largest absolute Gasteiger partial charge is 0.493 e. The molecule has 31 heavy (non-hydrogen) atoms. The van der Waals surface area contributed by atoms with E-state index in [-0.39, 0.29) is 4.90 Å². The maximum atomic E-state index is 12.8. The molecule has 2 N–H and O–H groups in total. The molecule has 0 fully saturated rings. The first-order valence-electron chi connectivity index (χ1n) is 9.69. The number of thioether (sulfide) groups is 1. The lowest BCUT2D eigenvalue weighted by Crippen LogP contribution is -2.30. The van der Waals surface area contributed by atoms with Crippen molar-refractivity contribution in [2.45, 2.75) is 23.9 Å². The molecular weight excluding hydrogens is 458 g/mol. The first kappa shape index (κ1) is 23.4. The molecule has 11 heteroatoms. The van der Waals surface area contributed by atoms with Crippen LogP contribution in [0, 0.1) is 0 Å². The van der Waals surface area contributed by atoms with Gasteiger partial charge in [-0.1, -0.05) is 55.4 Å². The van der Waals surface area contributed by atoms with E-state index in [0.29, 0.717) is 52.8 Å². The van der Waals surface area contributed by atoms with Gasteiger partial charge in [0.25, 0.3) is 0 Å². The zero-order valence-corrected chi connectivity index (χ0v) is 19.6. The predicted molar refractivity (Wildman–Crippen MR) is 123 cm³/mol. The summed E-state index contributed by atoms with van der Waals surface area (Å²) >= 11 is 7.33. The number of hydrogen-bond acceptors (Lipinski definition) is 7. The summed E-state index contributed by atoms with van der Waals surface area (Å²) in [5.41, 5.74) is 0.574. The smallest absolute Gasteiger partial charge is 0.243 e. The molecule has 2 aromatic carbocycles. The Hall–Kier alpha value is -2.27. The van der Waals surface area contributed by atoms with Gasteiger partial charge >= 0.3 is 0 Å². The average molecular weight is 482 g/mol. The number of nitrogen functional groups attached to an aromatic ring is 1. The van der Waals surface area contributed by atoms with Gasteiger partial charge < -0.3 is 10.6 Å². The average Bonchev–Trinajstić information content (AvgIpc) is 3.12. The van der Waals surface area contributed by atoms with Crippen LogP contribution in [-0.2, 0) is 10.0 Å². The zero-order valence-electron chi connectivity index (χ0n) is 17.2. The van der Waals surface area contributed by atoms with Gasteiger partial charge in [-0.25, -0.2) is 13.1 Å². The standard InChI is InChI=1S/C20H24ClN5O3S2/c1-3-25(4-2)31(27,28)18-10-5-7-15(13-18)19-23-24-20(26(19)22)30-12-11-29-17-9-6-8-16(21)14-17/h5-10,13-14H,3-4,11-12,22H2,1-2H3. The first-order valence-corrected chi connectivity index (χ1v) is 12.5. The number of hydrogen-bond donors (Lipinski definition) is 1. The molecule has 0 saturated carbocycles. The number of sulfonamides is 1.